The molecule has 3 aromatic heterocycles. The molecule has 1 fully saturated rings. The number of fused-ring (bicyclic) bond motifs is 2. The van der Waals surface area contributed by atoms with Crippen molar-refractivity contribution < 1.29 is 8.42 Å². The average Bonchev–Trinajstić information content (AvgIpc) is 3.42. The standard InChI is InChI=1S/C24H30N6O2S/c1-16-11-19-12-18(5-8-22(19)29-16)13-28-33(31,32)14-17-3-6-20(7-4-17)30(2)24-21-9-10-25-23(21)26-15-27-24/h5,8-12,15,17,20,28-29H,3-4,6-7,13-14H2,1-2H3,(H,25,26,27). The van der Waals surface area contributed by atoms with E-state index in [1.54, 1.807) is 6.33 Å². The molecule has 4 aromatic rings. The van der Waals surface area contributed by atoms with Gasteiger partial charge in [0.05, 0.1) is 11.1 Å². The van der Waals surface area contributed by atoms with Crippen LogP contribution in [-0.2, 0) is 16.6 Å². The molecule has 0 spiro atoms. The van der Waals surface area contributed by atoms with Gasteiger partial charge in [-0.3, -0.25) is 0 Å². The van der Waals surface area contributed by atoms with Crippen molar-refractivity contribution in [2.75, 3.05) is 17.7 Å². The SMILES string of the molecule is Cc1cc2cc(CNS(=O)(=O)CC3CCC(N(C)c4ncnc5[nH]ccc45)CC3)ccc2[nH]1. The molecule has 0 bridgehead atoms. The van der Waals surface area contributed by atoms with Gasteiger partial charge in [-0.1, -0.05) is 6.07 Å². The Morgan fingerprint density at radius 1 is 1.12 bits per heavy atom. The predicted octanol–water partition coefficient (Wildman–Crippen LogP) is 3.86. The Morgan fingerprint density at radius 2 is 1.94 bits per heavy atom. The van der Waals surface area contributed by atoms with E-state index < -0.39 is 10.0 Å². The molecule has 0 aliphatic heterocycles. The Bertz CT molecular complexity index is 1370. The molecular formula is C24H30N6O2S. The van der Waals surface area contributed by atoms with Gasteiger partial charge in [0.25, 0.3) is 0 Å². The lowest BCUT2D eigenvalue weighted by Crippen LogP contribution is -2.38. The van der Waals surface area contributed by atoms with Crippen molar-refractivity contribution in [3.63, 3.8) is 0 Å². The zero-order valence-electron chi connectivity index (χ0n) is 19.0. The molecule has 0 saturated heterocycles. The summed E-state index contributed by atoms with van der Waals surface area (Å²) in [6.45, 7) is 2.34. The topological polar surface area (TPSA) is 107 Å². The first-order valence-corrected chi connectivity index (χ1v) is 13.1. The number of sulfonamides is 1. The van der Waals surface area contributed by atoms with E-state index in [4.69, 9.17) is 0 Å². The fourth-order valence-corrected chi connectivity index (χ4v) is 6.47. The first-order valence-electron chi connectivity index (χ1n) is 11.4. The van der Waals surface area contributed by atoms with Crippen LogP contribution in [0.1, 0.15) is 36.9 Å². The summed E-state index contributed by atoms with van der Waals surface area (Å²) < 4.78 is 28.3. The third-order valence-electron chi connectivity index (χ3n) is 6.80. The fraction of sp³-hybridized carbons (Fsp3) is 0.417. The van der Waals surface area contributed by atoms with Gasteiger partial charge < -0.3 is 14.9 Å². The lowest BCUT2D eigenvalue weighted by Gasteiger charge is -2.35. The van der Waals surface area contributed by atoms with E-state index in [0.717, 1.165) is 64.7 Å². The molecule has 8 nitrogen and oxygen atoms in total. The van der Waals surface area contributed by atoms with Gasteiger partial charge in [0.1, 0.15) is 17.8 Å². The largest absolute Gasteiger partial charge is 0.359 e. The highest BCUT2D eigenvalue weighted by molar-refractivity contribution is 7.89. The van der Waals surface area contributed by atoms with E-state index in [-0.39, 0.29) is 11.7 Å². The Hall–Kier alpha value is -2.91. The number of anilines is 1. The van der Waals surface area contributed by atoms with Crippen molar-refractivity contribution in [3.05, 3.63) is 54.1 Å². The summed E-state index contributed by atoms with van der Waals surface area (Å²) in [5.41, 5.74) is 3.97. The monoisotopic (exact) mass is 466 g/mol. The average molecular weight is 467 g/mol. The molecule has 33 heavy (non-hydrogen) atoms. The van der Waals surface area contributed by atoms with Crippen LogP contribution in [0.15, 0.2) is 42.9 Å². The van der Waals surface area contributed by atoms with E-state index in [9.17, 15) is 8.42 Å². The predicted molar refractivity (Wildman–Crippen MR) is 132 cm³/mol. The molecule has 0 unspecified atom stereocenters. The summed E-state index contributed by atoms with van der Waals surface area (Å²) in [6, 6.07) is 10.4. The number of aromatic nitrogens is 4. The molecule has 3 N–H and O–H groups in total. The molecule has 1 aliphatic carbocycles. The van der Waals surface area contributed by atoms with Gasteiger partial charge in [0.2, 0.25) is 10.0 Å². The highest BCUT2D eigenvalue weighted by Crippen LogP contribution is 2.32. The summed E-state index contributed by atoms with van der Waals surface area (Å²) in [7, 11) is -1.26. The molecule has 1 aromatic carbocycles. The van der Waals surface area contributed by atoms with Gasteiger partial charge in [-0.25, -0.2) is 23.1 Å². The first-order chi connectivity index (χ1) is 15.9. The minimum atomic E-state index is -3.33. The quantitative estimate of drug-likeness (QED) is 0.383. The minimum absolute atomic E-state index is 0.180. The molecule has 1 aliphatic rings. The smallest absolute Gasteiger partial charge is 0.212 e. The Morgan fingerprint density at radius 3 is 2.76 bits per heavy atom. The highest BCUT2D eigenvalue weighted by Gasteiger charge is 2.28. The van der Waals surface area contributed by atoms with Crippen LogP contribution in [0.5, 0.6) is 0 Å². The molecule has 9 heteroatoms. The Balaban J connectivity index is 1.15. The first kappa shape index (κ1) is 21.9. The van der Waals surface area contributed by atoms with Crippen molar-refractivity contribution in [1.29, 1.82) is 0 Å². The van der Waals surface area contributed by atoms with E-state index in [2.05, 4.69) is 42.7 Å². The number of benzene rings is 1. The number of nitrogens with one attached hydrogen (secondary N) is 3. The zero-order chi connectivity index (χ0) is 23.0. The molecule has 0 amide bonds. The molecule has 0 radical (unpaired) electrons. The lowest BCUT2D eigenvalue weighted by molar-refractivity contribution is 0.340. The van der Waals surface area contributed by atoms with Gasteiger partial charge in [0, 0.05) is 37.0 Å². The molecule has 1 saturated carbocycles. The van der Waals surface area contributed by atoms with Crippen molar-refractivity contribution in [3.8, 4) is 0 Å². The van der Waals surface area contributed by atoms with Gasteiger partial charge in [-0.2, -0.15) is 0 Å². The van der Waals surface area contributed by atoms with Crippen LogP contribution in [-0.4, -0.2) is 47.2 Å². The second-order valence-electron chi connectivity index (χ2n) is 9.20. The fourth-order valence-electron chi connectivity index (χ4n) is 5.01. The van der Waals surface area contributed by atoms with Crippen LogP contribution in [0.4, 0.5) is 5.82 Å². The molecule has 5 rings (SSSR count). The number of H-pyrrole nitrogens is 2. The summed E-state index contributed by atoms with van der Waals surface area (Å²) >= 11 is 0. The number of aromatic amines is 2. The summed E-state index contributed by atoms with van der Waals surface area (Å²) in [6.07, 6.45) is 7.16. The van der Waals surface area contributed by atoms with E-state index in [0.29, 0.717) is 12.6 Å². The van der Waals surface area contributed by atoms with Crippen LogP contribution in [0.2, 0.25) is 0 Å². The van der Waals surface area contributed by atoms with Crippen molar-refractivity contribution in [2.45, 2.75) is 45.2 Å². The normalized spacial score (nSPS) is 19.3. The summed E-state index contributed by atoms with van der Waals surface area (Å²) in [4.78, 5) is 17.4. The van der Waals surface area contributed by atoms with Gasteiger partial charge >= 0.3 is 0 Å². The van der Waals surface area contributed by atoms with Crippen molar-refractivity contribution in [2.24, 2.45) is 5.92 Å². The van der Waals surface area contributed by atoms with Crippen LogP contribution >= 0.6 is 0 Å². The van der Waals surface area contributed by atoms with Crippen LogP contribution in [0.3, 0.4) is 0 Å². The maximum Gasteiger partial charge on any atom is 0.212 e. The summed E-state index contributed by atoms with van der Waals surface area (Å²) in [5.74, 6) is 1.29. The van der Waals surface area contributed by atoms with Gasteiger partial charge in [-0.05, 0) is 73.7 Å². The van der Waals surface area contributed by atoms with Crippen LogP contribution in [0.25, 0.3) is 21.9 Å². The third-order valence-corrected chi connectivity index (χ3v) is 8.30. The number of hydrogen-bond acceptors (Lipinski definition) is 5. The Kier molecular flexibility index (Phi) is 5.84. The highest BCUT2D eigenvalue weighted by atomic mass is 32.2. The number of nitrogens with zero attached hydrogens (tertiary/aromatic N) is 3. The van der Waals surface area contributed by atoms with Crippen molar-refractivity contribution in [1.82, 2.24) is 24.7 Å². The van der Waals surface area contributed by atoms with Gasteiger partial charge in [0.15, 0.2) is 0 Å². The van der Waals surface area contributed by atoms with Crippen LogP contribution in [0, 0.1) is 12.8 Å². The van der Waals surface area contributed by atoms with E-state index in [1.165, 1.54) is 0 Å². The number of hydrogen-bond donors (Lipinski definition) is 3. The molecular weight excluding hydrogens is 436 g/mol. The molecule has 0 atom stereocenters. The molecule has 174 valence electrons. The van der Waals surface area contributed by atoms with Crippen LogP contribution < -0.4 is 9.62 Å². The maximum absolute atomic E-state index is 12.7. The maximum atomic E-state index is 12.7. The third kappa shape index (κ3) is 4.74. The van der Waals surface area contributed by atoms with E-state index >= 15 is 0 Å². The minimum Gasteiger partial charge on any atom is -0.359 e. The molecule has 3 heterocycles. The second kappa shape index (κ2) is 8.79. The van der Waals surface area contributed by atoms with Gasteiger partial charge in [-0.15, -0.1) is 0 Å². The van der Waals surface area contributed by atoms with Crippen molar-refractivity contribution >= 4 is 37.8 Å². The lowest BCUT2D eigenvalue weighted by atomic mass is 9.86. The van der Waals surface area contributed by atoms with E-state index in [1.807, 2.05) is 37.4 Å². The zero-order valence-corrected chi connectivity index (χ0v) is 19.8. The summed E-state index contributed by atoms with van der Waals surface area (Å²) in [5, 5.41) is 2.12. The second-order valence-corrected chi connectivity index (χ2v) is 11.1. The number of rotatable bonds is 7. The number of aryl methyl sites for hydroxylation is 1. The Labute approximate surface area is 193 Å².